The van der Waals surface area contributed by atoms with Crippen molar-refractivity contribution in [2.45, 2.75) is 26.7 Å². The first-order chi connectivity index (χ1) is 11.5. The standard InChI is InChI=1S/C17H20N2O4S/c1-4-23-13-7-5-12(6-8-13)9-15(20)19-17-18-11(2)14(24-17)10-16(21)22-3/h5-8H,4,9-10H2,1-3H3,(H,18,19,20). The molecule has 0 atom stereocenters. The molecule has 0 bridgehead atoms. The van der Waals surface area contributed by atoms with Crippen LogP contribution < -0.4 is 10.1 Å². The first kappa shape index (κ1) is 17.9. The van der Waals surface area contributed by atoms with Gasteiger partial charge in [-0.3, -0.25) is 9.59 Å². The maximum atomic E-state index is 12.1. The Labute approximate surface area is 144 Å². The van der Waals surface area contributed by atoms with E-state index < -0.39 is 0 Å². The molecule has 1 aromatic carbocycles. The number of aromatic nitrogens is 1. The monoisotopic (exact) mass is 348 g/mol. The SMILES string of the molecule is CCOc1ccc(CC(=O)Nc2nc(C)c(CC(=O)OC)s2)cc1. The van der Waals surface area contributed by atoms with E-state index in [0.717, 1.165) is 21.9 Å². The van der Waals surface area contributed by atoms with E-state index in [-0.39, 0.29) is 24.7 Å². The maximum absolute atomic E-state index is 12.1. The van der Waals surface area contributed by atoms with Crippen molar-refractivity contribution < 1.29 is 19.1 Å². The van der Waals surface area contributed by atoms with Gasteiger partial charge in [-0.2, -0.15) is 0 Å². The maximum Gasteiger partial charge on any atom is 0.310 e. The second kappa shape index (κ2) is 8.44. The molecule has 0 aliphatic heterocycles. The normalized spacial score (nSPS) is 10.3. The third kappa shape index (κ3) is 5.06. The lowest BCUT2D eigenvalue weighted by molar-refractivity contribution is -0.139. The van der Waals surface area contributed by atoms with Crippen molar-refractivity contribution in [2.24, 2.45) is 0 Å². The van der Waals surface area contributed by atoms with Gasteiger partial charge in [-0.15, -0.1) is 11.3 Å². The number of benzene rings is 1. The lowest BCUT2D eigenvalue weighted by Gasteiger charge is -2.05. The number of amides is 1. The van der Waals surface area contributed by atoms with Crippen LogP contribution in [0.15, 0.2) is 24.3 Å². The van der Waals surface area contributed by atoms with Gasteiger partial charge in [-0.1, -0.05) is 12.1 Å². The van der Waals surface area contributed by atoms with Crippen LogP contribution in [0.1, 0.15) is 23.1 Å². The molecular formula is C17H20N2O4S. The summed E-state index contributed by atoms with van der Waals surface area (Å²) in [6.07, 6.45) is 0.409. The highest BCUT2D eigenvalue weighted by atomic mass is 32.1. The largest absolute Gasteiger partial charge is 0.494 e. The van der Waals surface area contributed by atoms with Crippen molar-refractivity contribution in [2.75, 3.05) is 19.0 Å². The Bertz CT molecular complexity index is 710. The van der Waals surface area contributed by atoms with Crippen molar-refractivity contribution in [3.05, 3.63) is 40.4 Å². The van der Waals surface area contributed by atoms with Gasteiger partial charge in [0, 0.05) is 4.88 Å². The molecule has 2 aromatic rings. The van der Waals surface area contributed by atoms with Crippen LogP contribution in [0.25, 0.3) is 0 Å². The van der Waals surface area contributed by atoms with Crippen LogP contribution in [0.2, 0.25) is 0 Å². The van der Waals surface area contributed by atoms with Gasteiger partial charge in [0.2, 0.25) is 5.91 Å². The minimum absolute atomic E-state index is 0.155. The molecule has 1 heterocycles. The summed E-state index contributed by atoms with van der Waals surface area (Å²) in [5, 5.41) is 3.26. The van der Waals surface area contributed by atoms with Gasteiger partial charge in [0.15, 0.2) is 5.13 Å². The quantitative estimate of drug-likeness (QED) is 0.779. The average Bonchev–Trinajstić information content (AvgIpc) is 2.88. The van der Waals surface area contributed by atoms with Crippen LogP contribution in [0, 0.1) is 6.92 Å². The number of hydrogen-bond acceptors (Lipinski definition) is 6. The van der Waals surface area contributed by atoms with E-state index >= 15 is 0 Å². The highest BCUT2D eigenvalue weighted by Crippen LogP contribution is 2.23. The predicted molar refractivity (Wildman–Crippen MR) is 92.5 cm³/mol. The summed E-state index contributed by atoms with van der Waals surface area (Å²) in [7, 11) is 1.35. The number of anilines is 1. The molecule has 0 saturated carbocycles. The summed E-state index contributed by atoms with van der Waals surface area (Å²) in [5.41, 5.74) is 1.61. The third-order valence-corrected chi connectivity index (χ3v) is 4.34. The van der Waals surface area contributed by atoms with E-state index in [1.54, 1.807) is 6.92 Å². The number of thiazole rings is 1. The summed E-state index contributed by atoms with van der Waals surface area (Å²) in [6, 6.07) is 7.41. The van der Waals surface area contributed by atoms with Crippen LogP contribution in [0.4, 0.5) is 5.13 Å². The number of esters is 1. The molecule has 6 nitrogen and oxygen atoms in total. The Balaban J connectivity index is 1.94. The number of hydrogen-bond donors (Lipinski definition) is 1. The summed E-state index contributed by atoms with van der Waals surface area (Å²) in [4.78, 5) is 28.5. The second-order valence-electron chi connectivity index (χ2n) is 5.08. The van der Waals surface area contributed by atoms with Crippen molar-refractivity contribution >= 4 is 28.3 Å². The van der Waals surface area contributed by atoms with Gasteiger partial charge in [0.05, 0.1) is 32.3 Å². The zero-order valence-corrected chi connectivity index (χ0v) is 14.7. The lowest BCUT2D eigenvalue weighted by Crippen LogP contribution is -2.14. The number of nitrogens with one attached hydrogen (secondary N) is 1. The van der Waals surface area contributed by atoms with E-state index in [4.69, 9.17) is 4.74 Å². The summed E-state index contributed by atoms with van der Waals surface area (Å²) < 4.78 is 10.0. The molecule has 0 saturated heterocycles. The average molecular weight is 348 g/mol. The topological polar surface area (TPSA) is 77.5 Å². The highest BCUT2D eigenvalue weighted by Gasteiger charge is 2.14. The molecule has 0 aliphatic rings. The van der Waals surface area contributed by atoms with E-state index in [2.05, 4.69) is 15.0 Å². The Morgan fingerprint density at radius 1 is 1.21 bits per heavy atom. The molecule has 0 unspecified atom stereocenters. The molecule has 1 amide bonds. The van der Waals surface area contributed by atoms with E-state index in [0.29, 0.717) is 11.7 Å². The molecule has 0 fully saturated rings. The number of nitrogens with zero attached hydrogens (tertiary/aromatic N) is 1. The molecular weight excluding hydrogens is 328 g/mol. The van der Waals surface area contributed by atoms with Crippen LogP contribution in [-0.4, -0.2) is 30.6 Å². The molecule has 0 spiro atoms. The molecule has 7 heteroatoms. The second-order valence-corrected chi connectivity index (χ2v) is 6.17. The number of methoxy groups -OCH3 is 1. The molecule has 0 radical (unpaired) electrons. The summed E-state index contributed by atoms with van der Waals surface area (Å²) in [6.45, 7) is 4.33. The zero-order chi connectivity index (χ0) is 17.5. The van der Waals surface area contributed by atoms with Gasteiger partial charge in [0.1, 0.15) is 5.75 Å². The minimum atomic E-state index is -0.325. The van der Waals surface area contributed by atoms with Crippen molar-refractivity contribution in [1.29, 1.82) is 0 Å². The fraction of sp³-hybridized carbons (Fsp3) is 0.353. The summed E-state index contributed by atoms with van der Waals surface area (Å²) >= 11 is 1.29. The van der Waals surface area contributed by atoms with Crippen molar-refractivity contribution in [1.82, 2.24) is 4.98 Å². The number of aryl methyl sites for hydroxylation is 1. The Hall–Kier alpha value is -2.41. The van der Waals surface area contributed by atoms with Crippen LogP contribution >= 0.6 is 11.3 Å². The molecule has 1 N–H and O–H groups in total. The fourth-order valence-corrected chi connectivity index (χ4v) is 3.03. The number of ether oxygens (including phenoxy) is 2. The van der Waals surface area contributed by atoms with E-state index in [1.807, 2.05) is 31.2 Å². The van der Waals surface area contributed by atoms with Crippen LogP contribution in [0.3, 0.4) is 0 Å². The first-order valence-corrected chi connectivity index (χ1v) is 8.38. The van der Waals surface area contributed by atoms with Gasteiger partial charge >= 0.3 is 5.97 Å². The van der Waals surface area contributed by atoms with Gasteiger partial charge in [0.25, 0.3) is 0 Å². The van der Waals surface area contributed by atoms with Gasteiger partial charge in [-0.25, -0.2) is 4.98 Å². The van der Waals surface area contributed by atoms with E-state index in [9.17, 15) is 9.59 Å². The molecule has 24 heavy (non-hydrogen) atoms. The van der Waals surface area contributed by atoms with Crippen LogP contribution in [-0.2, 0) is 27.2 Å². The zero-order valence-electron chi connectivity index (χ0n) is 13.9. The summed E-state index contributed by atoms with van der Waals surface area (Å²) in [5.74, 6) is 0.302. The van der Waals surface area contributed by atoms with Crippen molar-refractivity contribution in [3.63, 3.8) is 0 Å². The van der Waals surface area contributed by atoms with Gasteiger partial charge in [-0.05, 0) is 31.5 Å². The number of rotatable bonds is 7. The van der Waals surface area contributed by atoms with Crippen molar-refractivity contribution in [3.8, 4) is 5.75 Å². The Morgan fingerprint density at radius 3 is 2.54 bits per heavy atom. The lowest BCUT2D eigenvalue weighted by atomic mass is 10.1. The third-order valence-electron chi connectivity index (χ3n) is 3.27. The smallest absolute Gasteiger partial charge is 0.310 e. The minimum Gasteiger partial charge on any atom is -0.494 e. The molecule has 128 valence electrons. The highest BCUT2D eigenvalue weighted by molar-refractivity contribution is 7.16. The first-order valence-electron chi connectivity index (χ1n) is 7.56. The predicted octanol–water partition coefficient (Wildman–Crippen LogP) is 2.75. The van der Waals surface area contributed by atoms with Gasteiger partial charge < -0.3 is 14.8 Å². The molecule has 1 aromatic heterocycles. The molecule has 2 rings (SSSR count). The Morgan fingerprint density at radius 2 is 1.92 bits per heavy atom. The van der Waals surface area contributed by atoms with E-state index in [1.165, 1.54) is 18.4 Å². The number of carbonyl (C=O) groups is 2. The van der Waals surface area contributed by atoms with Crippen LogP contribution in [0.5, 0.6) is 5.75 Å². The molecule has 0 aliphatic carbocycles. The Kier molecular flexibility index (Phi) is 6.31. The number of carbonyl (C=O) groups excluding carboxylic acids is 2. The fourth-order valence-electron chi connectivity index (χ4n) is 2.07.